The summed E-state index contributed by atoms with van der Waals surface area (Å²) in [5, 5.41) is 9.94. The van der Waals surface area contributed by atoms with E-state index in [1.807, 2.05) is 6.92 Å². The molecule has 110 valence electrons. The highest BCUT2D eigenvalue weighted by Gasteiger charge is 2.34. The molecule has 1 fully saturated rings. The lowest BCUT2D eigenvalue weighted by Crippen LogP contribution is -2.33. The molecule has 5 nitrogen and oxygen atoms in total. The Morgan fingerprint density at radius 2 is 2.20 bits per heavy atom. The average Bonchev–Trinajstić information content (AvgIpc) is 2.78. The number of benzene rings is 1. The van der Waals surface area contributed by atoms with Gasteiger partial charge in [-0.15, -0.1) is 0 Å². The van der Waals surface area contributed by atoms with E-state index in [-0.39, 0.29) is 5.91 Å². The van der Waals surface area contributed by atoms with E-state index in [4.69, 9.17) is 9.47 Å². The minimum absolute atomic E-state index is 0.0913. The number of hydrogen-bond acceptors (Lipinski definition) is 4. The van der Waals surface area contributed by atoms with E-state index in [9.17, 15) is 9.90 Å². The summed E-state index contributed by atoms with van der Waals surface area (Å²) < 4.78 is 10.7. The van der Waals surface area contributed by atoms with Gasteiger partial charge in [0.25, 0.3) is 5.91 Å². The Bertz CT molecular complexity index is 499. The Hall–Kier alpha value is -1.75. The minimum Gasteiger partial charge on any atom is -0.493 e. The zero-order valence-electron chi connectivity index (χ0n) is 12.2. The van der Waals surface area contributed by atoms with Crippen LogP contribution < -0.4 is 9.47 Å². The number of carbonyl (C=O) groups excluding carboxylic acids is 1. The summed E-state index contributed by atoms with van der Waals surface area (Å²) in [6, 6.07) is 5.14. The van der Waals surface area contributed by atoms with Crippen molar-refractivity contribution in [2.45, 2.75) is 25.9 Å². The molecule has 1 aliphatic heterocycles. The molecule has 1 heterocycles. The first-order valence-corrected chi connectivity index (χ1v) is 6.79. The van der Waals surface area contributed by atoms with Crippen molar-refractivity contribution in [1.29, 1.82) is 0 Å². The fraction of sp³-hybridized carbons (Fsp3) is 0.533. The van der Waals surface area contributed by atoms with E-state index >= 15 is 0 Å². The van der Waals surface area contributed by atoms with E-state index in [1.165, 1.54) is 0 Å². The van der Waals surface area contributed by atoms with E-state index in [0.29, 0.717) is 43.2 Å². The highest BCUT2D eigenvalue weighted by atomic mass is 16.5. The van der Waals surface area contributed by atoms with Gasteiger partial charge in [-0.3, -0.25) is 4.79 Å². The molecular formula is C15H21NO4. The number of hydrogen-bond donors (Lipinski definition) is 1. The van der Waals surface area contributed by atoms with Crippen LogP contribution in [-0.4, -0.2) is 48.3 Å². The van der Waals surface area contributed by atoms with E-state index in [2.05, 4.69) is 0 Å². The van der Waals surface area contributed by atoms with Crippen molar-refractivity contribution in [2.75, 3.05) is 26.8 Å². The maximum atomic E-state index is 12.4. The summed E-state index contributed by atoms with van der Waals surface area (Å²) in [5.41, 5.74) is -0.239. The molecule has 1 aromatic rings. The first kappa shape index (κ1) is 14.7. The summed E-state index contributed by atoms with van der Waals surface area (Å²) >= 11 is 0. The third-order valence-corrected chi connectivity index (χ3v) is 3.45. The quantitative estimate of drug-likeness (QED) is 0.911. The maximum Gasteiger partial charge on any atom is 0.254 e. The summed E-state index contributed by atoms with van der Waals surface area (Å²) in [6.45, 7) is 5.07. The monoisotopic (exact) mass is 279 g/mol. The fourth-order valence-electron chi connectivity index (χ4n) is 2.38. The van der Waals surface area contributed by atoms with Gasteiger partial charge in [0.15, 0.2) is 11.5 Å². The third-order valence-electron chi connectivity index (χ3n) is 3.45. The Balaban J connectivity index is 2.20. The molecule has 1 unspecified atom stereocenters. The molecule has 1 atom stereocenters. The van der Waals surface area contributed by atoms with Crippen LogP contribution in [0.5, 0.6) is 11.5 Å². The summed E-state index contributed by atoms with van der Waals surface area (Å²) in [7, 11) is 1.57. The molecule has 2 rings (SSSR count). The largest absolute Gasteiger partial charge is 0.493 e. The van der Waals surface area contributed by atoms with Gasteiger partial charge in [-0.05, 0) is 38.5 Å². The van der Waals surface area contributed by atoms with Gasteiger partial charge in [-0.1, -0.05) is 0 Å². The number of amides is 1. The second-order valence-corrected chi connectivity index (χ2v) is 5.27. The van der Waals surface area contributed by atoms with Crippen molar-refractivity contribution in [3.8, 4) is 11.5 Å². The van der Waals surface area contributed by atoms with Crippen molar-refractivity contribution in [2.24, 2.45) is 0 Å². The molecule has 0 saturated carbocycles. The van der Waals surface area contributed by atoms with Crippen molar-refractivity contribution in [1.82, 2.24) is 4.90 Å². The highest BCUT2D eigenvalue weighted by Crippen LogP contribution is 2.29. The topological polar surface area (TPSA) is 59.0 Å². The molecule has 0 aromatic heterocycles. The van der Waals surface area contributed by atoms with E-state index < -0.39 is 5.60 Å². The summed E-state index contributed by atoms with van der Waals surface area (Å²) in [4.78, 5) is 14.1. The van der Waals surface area contributed by atoms with Crippen LogP contribution in [-0.2, 0) is 0 Å². The van der Waals surface area contributed by atoms with Crippen LogP contribution in [0, 0.1) is 0 Å². The molecule has 0 aliphatic carbocycles. The van der Waals surface area contributed by atoms with Gasteiger partial charge in [0.05, 0.1) is 19.3 Å². The number of carbonyl (C=O) groups is 1. The van der Waals surface area contributed by atoms with Crippen LogP contribution in [0.25, 0.3) is 0 Å². The highest BCUT2D eigenvalue weighted by molar-refractivity contribution is 5.95. The molecule has 1 aliphatic rings. The Morgan fingerprint density at radius 1 is 1.45 bits per heavy atom. The van der Waals surface area contributed by atoms with Gasteiger partial charge in [0.2, 0.25) is 0 Å². The number of ether oxygens (including phenoxy) is 2. The van der Waals surface area contributed by atoms with Crippen LogP contribution in [0.2, 0.25) is 0 Å². The normalized spacial score (nSPS) is 21.9. The summed E-state index contributed by atoms with van der Waals surface area (Å²) in [5.74, 6) is 1.08. The Labute approximate surface area is 119 Å². The van der Waals surface area contributed by atoms with Gasteiger partial charge in [0.1, 0.15) is 0 Å². The first-order valence-electron chi connectivity index (χ1n) is 6.79. The zero-order valence-corrected chi connectivity index (χ0v) is 12.2. The molecule has 20 heavy (non-hydrogen) atoms. The zero-order chi connectivity index (χ0) is 14.8. The van der Waals surface area contributed by atoms with Gasteiger partial charge in [-0.2, -0.15) is 0 Å². The molecule has 1 amide bonds. The van der Waals surface area contributed by atoms with E-state index in [1.54, 1.807) is 37.1 Å². The van der Waals surface area contributed by atoms with Crippen LogP contribution >= 0.6 is 0 Å². The first-order chi connectivity index (χ1) is 9.46. The number of rotatable bonds is 4. The van der Waals surface area contributed by atoms with Crippen LogP contribution in [0.15, 0.2) is 18.2 Å². The SMILES string of the molecule is CCOc1cc(C(=O)N2CCC(C)(O)C2)ccc1OC. The molecule has 1 aromatic carbocycles. The molecule has 0 bridgehead atoms. The standard InChI is InChI=1S/C15H21NO4/c1-4-20-13-9-11(5-6-12(13)19-3)14(17)16-8-7-15(2,18)10-16/h5-6,9,18H,4,7-8,10H2,1-3H3. The van der Waals surface area contributed by atoms with Crippen LogP contribution in [0.3, 0.4) is 0 Å². The third kappa shape index (κ3) is 3.04. The van der Waals surface area contributed by atoms with Gasteiger partial charge < -0.3 is 19.5 Å². The smallest absolute Gasteiger partial charge is 0.254 e. The minimum atomic E-state index is -0.787. The lowest BCUT2D eigenvalue weighted by molar-refractivity contribution is 0.0572. The van der Waals surface area contributed by atoms with Gasteiger partial charge in [-0.25, -0.2) is 0 Å². The van der Waals surface area contributed by atoms with Crippen molar-refractivity contribution >= 4 is 5.91 Å². The van der Waals surface area contributed by atoms with Crippen molar-refractivity contribution in [3.05, 3.63) is 23.8 Å². The summed E-state index contributed by atoms with van der Waals surface area (Å²) in [6.07, 6.45) is 0.604. The average molecular weight is 279 g/mol. The number of aliphatic hydroxyl groups is 1. The number of β-amino-alcohol motifs (C(OH)–C–C–N with tert-alkyl or cyclic N) is 1. The van der Waals surface area contributed by atoms with Crippen molar-refractivity contribution in [3.63, 3.8) is 0 Å². The molecule has 1 saturated heterocycles. The maximum absolute atomic E-state index is 12.4. The van der Waals surface area contributed by atoms with Gasteiger partial charge in [0, 0.05) is 18.7 Å². The molecule has 0 spiro atoms. The molecule has 5 heteroatoms. The van der Waals surface area contributed by atoms with Crippen LogP contribution in [0.1, 0.15) is 30.6 Å². The predicted octanol–water partition coefficient (Wildman–Crippen LogP) is 1.69. The van der Waals surface area contributed by atoms with Crippen LogP contribution in [0.4, 0.5) is 0 Å². The number of likely N-dealkylation sites (tertiary alicyclic amines) is 1. The fourth-order valence-corrected chi connectivity index (χ4v) is 2.38. The number of methoxy groups -OCH3 is 1. The Kier molecular flexibility index (Phi) is 4.18. The molecule has 0 radical (unpaired) electrons. The lowest BCUT2D eigenvalue weighted by atomic mass is 10.1. The Morgan fingerprint density at radius 3 is 2.75 bits per heavy atom. The predicted molar refractivity (Wildman–Crippen MR) is 75.3 cm³/mol. The number of nitrogens with zero attached hydrogens (tertiary/aromatic N) is 1. The van der Waals surface area contributed by atoms with Crippen molar-refractivity contribution < 1.29 is 19.4 Å². The lowest BCUT2D eigenvalue weighted by Gasteiger charge is -2.19. The molecular weight excluding hydrogens is 258 g/mol. The molecule has 1 N–H and O–H groups in total. The van der Waals surface area contributed by atoms with Gasteiger partial charge >= 0.3 is 0 Å². The van der Waals surface area contributed by atoms with E-state index in [0.717, 1.165) is 0 Å². The second-order valence-electron chi connectivity index (χ2n) is 5.27. The second kappa shape index (κ2) is 5.71.